The van der Waals surface area contributed by atoms with Gasteiger partial charge in [0.1, 0.15) is 5.75 Å². The molecule has 0 aliphatic rings. The molecule has 0 aliphatic carbocycles. The third-order valence-electron chi connectivity index (χ3n) is 2.77. The number of benzene rings is 1. The van der Waals surface area contributed by atoms with Crippen LogP contribution >= 0.6 is 15.9 Å². The maximum Gasteiger partial charge on any atom is 0.122 e. The molecule has 0 fully saturated rings. The molecule has 0 heterocycles. The van der Waals surface area contributed by atoms with Crippen LogP contribution in [-0.2, 0) is 0 Å². The highest BCUT2D eigenvalue weighted by molar-refractivity contribution is 9.09. The molecule has 1 atom stereocenters. The lowest BCUT2D eigenvalue weighted by molar-refractivity contribution is 0.402. The Hall–Kier alpha value is -0.500. The molecule has 1 nitrogen and oxygen atoms in total. The monoisotopic (exact) mass is 284 g/mol. The molecule has 1 aromatic rings. The molecule has 0 bridgehead atoms. The van der Waals surface area contributed by atoms with Crippen LogP contribution in [0.25, 0.3) is 0 Å². The third-order valence-corrected chi connectivity index (χ3v) is 3.55. The van der Waals surface area contributed by atoms with Gasteiger partial charge in [-0.1, -0.05) is 47.5 Å². The van der Waals surface area contributed by atoms with Gasteiger partial charge in [0.15, 0.2) is 0 Å². The Kier molecular flexibility index (Phi) is 5.33. The number of alkyl halides is 1. The van der Waals surface area contributed by atoms with Gasteiger partial charge in [-0.05, 0) is 36.8 Å². The van der Waals surface area contributed by atoms with Gasteiger partial charge in [-0.15, -0.1) is 0 Å². The van der Waals surface area contributed by atoms with Crippen molar-refractivity contribution >= 4 is 15.9 Å². The van der Waals surface area contributed by atoms with E-state index in [1.54, 1.807) is 7.11 Å². The summed E-state index contributed by atoms with van der Waals surface area (Å²) in [6, 6.07) is 6.41. The SMILES string of the molecule is COc1ccc(C)cc1C(CBr)CC(C)C. The molecule has 1 aromatic carbocycles. The fraction of sp³-hybridized carbons (Fsp3) is 0.571. The van der Waals surface area contributed by atoms with Crippen LogP contribution < -0.4 is 4.74 Å². The van der Waals surface area contributed by atoms with Crippen LogP contribution in [0, 0.1) is 12.8 Å². The molecule has 2 heteroatoms. The van der Waals surface area contributed by atoms with Crippen LogP contribution in [0.5, 0.6) is 5.75 Å². The van der Waals surface area contributed by atoms with Crippen molar-refractivity contribution in [3.05, 3.63) is 29.3 Å². The summed E-state index contributed by atoms with van der Waals surface area (Å²) in [5.74, 6) is 2.25. The number of halogens is 1. The number of aryl methyl sites for hydroxylation is 1. The van der Waals surface area contributed by atoms with E-state index in [1.807, 2.05) is 0 Å². The van der Waals surface area contributed by atoms with Crippen molar-refractivity contribution in [2.75, 3.05) is 12.4 Å². The van der Waals surface area contributed by atoms with E-state index >= 15 is 0 Å². The number of rotatable bonds is 5. The summed E-state index contributed by atoms with van der Waals surface area (Å²) in [4.78, 5) is 0. The van der Waals surface area contributed by atoms with Gasteiger partial charge in [-0.3, -0.25) is 0 Å². The summed E-state index contributed by atoms with van der Waals surface area (Å²) in [6.07, 6.45) is 1.19. The summed E-state index contributed by atoms with van der Waals surface area (Å²) < 4.78 is 5.44. The van der Waals surface area contributed by atoms with Gasteiger partial charge in [0.2, 0.25) is 0 Å². The highest BCUT2D eigenvalue weighted by Crippen LogP contribution is 2.33. The summed E-state index contributed by atoms with van der Waals surface area (Å²) in [6.45, 7) is 6.65. The van der Waals surface area contributed by atoms with Crippen molar-refractivity contribution in [2.24, 2.45) is 5.92 Å². The second-order valence-electron chi connectivity index (χ2n) is 4.73. The minimum absolute atomic E-state index is 0.537. The van der Waals surface area contributed by atoms with Crippen LogP contribution in [0.2, 0.25) is 0 Å². The van der Waals surface area contributed by atoms with Crippen molar-refractivity contribution in [3.63, 3.8) is 0 Å². The van der Waals surface area contributed by atoms with E-state index in [9.17, 15) is 0 Å². The van der Waals surface area contributed by atoms with Gasteiger partial charge >= 0.3 is 0 Å². The molecule has 0 spiro atoms. The third kappa shape index (κ3) is 3.51. The molecule has 0 radical (unpaired) electrons. The quantitative estimate of drug-likeness (QED) is 0.722. The van der Waals surface area contributed by atoms with Crippen LogP contribution in [-0.4, -0.2) is 12.4 Å². The summed E-state index contributed by atoms with van der Waals surface area (Å²) in [7, 11) is 1.74. The van der Waals surface area contributed by atoms with Crippen LogP contribution in [0.3, 0.4) is 0 Å². The average Bonchev–Trinajstić information content (AvgIpc) is 2.25. The van der Waals surface area contributed by atoms with Crippen molar-refractivity contribution in [3.8, 4) is 5.75 Å². The fourth-order valence-corrected chi connectivity index (χ4v) is 2.63. The van der Waals surface area contributed by atoms with Crippen molar-refractivity contribution in [1.29, 1.82) is 0 Å². The molecule has 1 rings (SSSR count). The minimum atomic E-state index is 0.537. The average molecular weight is 285 g/mol. The first-order valence-corrected chi connectivity index (χ1v) is 6.91. The van der Waals surface area contributed by atoms with E-state index in [1.165, 1.54) is 17.5 Å². The predicted octanol–water partition coefficient (Wildman–Crippen LogP) is 4.53. The topological polar surface area (TPSA) is 9.23 Å². The molecule has 16 heavy (non-hydrogen) atoms. The Balaban J connectivity index is 3.02. The molecule has 0 saturated heterocycles. The van der Waals surface area contributed by atoms with E-state index in [-0.39, 0.29) is 0 Å². The maximum atomic E-state index is 5.44. The summed E-state index contributed by atoms with van der Waals surface area (Å²) in [5.41, 5.74) is 2.62. The Morgan fingerprint density at radius 1 is 1.31 bits per heavy atom. The molecule has 1 unspecified atom stereocenters. The van der Waals surface area contributed by atoms with Gasteiger partial charge in [0.05, 0.1) is 7.11 Å². The van der Waals surface area contributed by atoms with E-state index in [0.717, 1.165) is 11.1 Å². The maximum absolute atomic E-state index is 5.44. The van der Waals surface area contributed by atoms with Gasteiger partial charge in [0.25, 0.3) is 0 Å². The Bertz CT molecular complexity index is 334. The number of methoxy groups -OCH3 is 1. The minimum Gasteiger partial charge on any atom is -0.496 e. The summed E-state index contributed by atoms with van der Waals surface area (Å²) in [5, 5.41) is 0.991. The number of hydrogen-bond donors (Lipinski definition) is 0. The largest absolute Gasteiger partial charge is 0.496 e. The second kappa shape index (κ2) is 6.29. The number of hydrogen-bond acceptors (Lipinski definition) is 1. The Morgan fingerprint density at radius 2 is 2.00 bits per heavy atom. The molecule has 0 aromatic heterocycles. The Labute approximate surface area is 107 Å². The van der Waals surface area contributed by atoms with Gasteiger partial charge < -0.3 is 4.74 Å². The van der Waals surface area contributed by atoms with Gasteiger partial charge in [-0.2, -0.15) is 0 Å². The van der Waals surface area contributed by atoms with E-state index in [4.69, 9.17) is 4.74 Å². The molecular weight excluding hydrogens is 264 g/mol. The zero-order valence-corrected chi connectivity index (χ0v) is 12.2. The lowest BCUT2D eigenvalue weighted by Gasteiger charge is -2.20. The fourth-order valence-electron chi connectivity index (χ4n) is 2.01. The highest BCUT2D eigenvalue weighted by Gasteiger charge is 2.16. The standard InChI is InChI=1S/C14H21BrO/c1-10(2)7-12(9-15)13-8-11(3)5-6-14(13)16-4/h5-6,8,10,12H,7,9H2,1-4H3. The Morgan fingerprint density at radius 3 is 2.50 bits per heavy atom. The van der Waals surface area contributed by atoms with E-state index in [2.05, 4.69) is 54.9 Å². The van der Waals surface area contributed by atoms with Crippen molar-refractivity contribution in [1.82, 2.24) is 0 Å². The zero-order valence-electron chi connectivity index (χ0n) is 10.6. The molecule has 0 saturated carbocycles. The molecular formula is C14H21BrO. The first-order valence-electron chi connectivity index (χ1n) is 5.79. The lowest BCUT2D eigenvalue weighted by atomic mass is 9.90. The molecule has 0 aliphatic heterocycles. The predicted molar refractivity (Wildman–Crippen MR) is 73.7 cm³/mol. The second-order valence-corrected chi connectivity index (χ2v) is 5.37. The summed E-state index contributed by atoms with van der Waals surface area (Å²) >= 11 is 3.61. The van der Waals surface area contributed by atoms with Crippen LogP contribution in [0.4, 0.5) is 0 Å². The highest BCUT2D eigenvalue weighted by atomic mass is 79.9. The molecule has 90 valence electrons. The first kappa shape index (κ1) is 13.6. The van der Waals surface area contributed by atoms with E-state index < -0.39 is 0 Å². The van der Waals surface area contributed by atoms with Crippen LogP contribution in [0.15, 0.2) is 18.2 Å². The van der Waals surface area contributed by atoms with Gasteiger partial charge in [-0.25, -0.2) is 0 Å². The van der Waals surface area contributed by atoms with Crippen molar-refractivity contribution < 1.29 is 4.74 Å². The zero-order chi connectivity index (χ0) is 12.1. The van der Waals surface area contributed by atoms with E-state index in [0.29, 0.717) is 11.8 Å². The first-order chi connectivity index (χ1) is 7.58. The number of ether oxygens (including phenoxy) is 1. The van der Waals surface area contributed by atoms with Gasteiger partial charge in [0, 0.05) is 5.33 Å². The van der Waals surface area contributed by atoms with Crippen molar-refractivity contribution in [2.45, 2.75) is 33.1 Å². The van der Waals surface area contributed by atoms with Crippen LogP contribution in [0.1, 0.15) is 37.3 Å². The smallest absolute Gasteiger partial charge is 0.122 e. The lowest BCUT2D eigenvalue weighted by Crippen LogP contribution is -2.06. The normalized spacial score (nSPS) is 12.9. The molecule has 0 N–H and O–H groups in total. The molecule has 0 amide bonds.